The van der Waals surface area contributed by atoms with Gasteiger partial charge < -0.3 is 0 Å². The van der Waals surface area contributed by atoms with Crippen molar-refractivity contribution in [1.29, 1.82) is 0 Å². The van der Waals surface area contributed by atoms with E-state index in [1.165, 1.54) is 60.7 Å². The predicted molar refractivity (Wildman–Crippen MR) is 121 cm³/mol. The summed E-state index contributed by atoms with van der Waals surface area (Å²) in [4.78, 5) is 4.36. The van der Waals surface area contributed by atoms with Crippen LogP contribution in [-0.2, 0) is 11.3 Å². The topological polar surface area (TPSA) is 3.24 Å². The van der Waals surface area contributed by atoms with Gasteiger partial charge in [-0.1, -0.05) is 55.5 Å². The number of benzene rings is 2. The molecule has 2 aliphatic heterocycles. The lowest BCUT2D eigenvalue weighted by Crippen LogP contribution is -2.52. The van der Waals surface area contributed by atoms with Gasteiger partial charge in [0, 0.05) is 22.7 Å². The Hall–Kier alpha value is -0.900. The van der Waals surface area contributed by atoms with Crippen LogP contribution in [0.5, 0.6) is 0 Å². The van der Waals surface area contributed by atoms with E-state index in [-0.39, 0.29) is 5.54 Å². The van der Waals surface area contributed by atoms with Crippen molar-refractivity contribution in [2.75, 3.05) is 24.6 Å². The van der Waals surface area contributed by atoms with E-state index >= 15 is 0 Å². The maximum Gasteiger partial charge on any atom is 0.0487 e. The third-order valence-corrected chi connectivity index (χ3v) is 8.34. The van der Waals surface area contributed by atoms with Gasteiger partial charge in [-0.25, -0.2) is 0 Å². The Labute approximate surface area is 173 Å². The van der Waals surface area contributed by atoms with Gasteiger partial charge in [0.05, 0.1) is 0 Å². The third-order valence-electron chi connectivity index (χ3n) is 6.21. The van der Waals surface area contributed by atoms with Crippen molar-refractivity contribution >= 4 is 23.5 Å². The summed E-state index contributed by atoms with van der Waals surface area (Å²) in [5.74, 6) is 4.47. The Morgan fingerprint density at radius 3 is 2.56 bits per heavy atom. The molecule has 2 saturated heterocycles. The number of hydrogen-bond acceptors (Lipinski definition) is 3. The average molecular weight is 398 g/mol. The summed E-state index contributed by atoms with van der Waals surface area (Å²) in [6.45, 7) is 4.97. The van der Waals surface area contributed by atoms with Crippen LogP contribution in [-0.4, -0.2) is 29.5 Å². The van der Waals surface area contributed by atoms with E-state index in [1.54, 1.807) is 5.56 Å². The van der Waals surface area contributed by atoms with E-state index in [1.807, 2.05) is 11.8 Å². The molecule has 4 rings (SSSR count). The summed E-state index contributed by atoms with van der Waals surface area (Å²) in [6.07, 6.45) is 5.35. The van der Waals surface area contributed by atoms with Crippen molar-refractivity contribution in [3.8, 4) is 0 Å². The van der Waals surface area contributed by atoms with Crippen LogP contribution in [0.2, 0.25) is 0 Å². The monoisotopic (exact) mass is 397 g/mol. The quantitative estimate of drug-likeness (QED) is 0.535. The molecule has 144 valence electrons. The first-order chi connectivity index (χ1) is 13.3. The van der Waals surface area contributed by atoms with Gasteiger partial charge in [0.15, 0.2) is 0 Å². The zero-order chi connectivity index (χ0) is 18.5. The third kappa shape index (κ3) is 4.41. The number of thioether (sulfide) groups is 2. The minimum Gasteiger partial charge on any atom is -0.293 e. The van der Waals surface area contributed by atoms with Gasteiger partial charge in [-0.2, -0.15) is 11.8 Å². The van der Waals surface area contributed by atoms with Crippen molar-refractivity contribution in [2.24, 2.45) is 5.92 Å². The largest absolute Gasteiger partial charge is 0.293 e. The molecule has 2 aromatic carbocycles. The van der Waals surface area contributed by atoms with Gasteiger partial charge >= 0.3 is 0 Å². The zero-order valence-corrected chi connectivity index (χ0v) is 18.0. The van der Waals surface area contributed by atoms with Crippen molar-refractivity contribution in [1.82, 2.24) is 4.90 Å². The summed E-state index contributed by atoms with van der Waals surface area (Å²) in [7, 11) is 0. The number of hydrogen-bond donors (Lipinski definition) is 0. The maximum atomic E-state index is 2.86. The Morgan fingerprint density at radius 2 is 1.78 bits per heavy atom. The number of piperidine rings is 1. The Balaban J connectivity index is 1.64. The van der Waals surface area contributed by atoms with Crippen LogP contribution in [0.15, 0.2) is 59.5 Å². The predicted octanol–water partition coefficient (Wildman–Crippen LogP) is 6.43. The molecule has 2 aromatic rings. The molecule has 27 heavy (non-hydrogen) atoms. The zero-order valence-electron chi connectivity index (χ0n) is 16.4. The summed E-state index contributed by atoms with van der Waals surface area (Å²) < 4.78 is 0. The van der Waals surface area contributed by atoms with Crippen molar-refractivity contribution in [3.63, 3.8) is 0 Å². The maximum absolute atomic E-state index is 2.86. The van der Waals surface area contributed by atoms with Crippen molar-refractivity contribution < 1.29 is 0 Å². The first-order valence-electron chi connectivity index (χ1n) is 10.4. The molecule has 1 atom stereocenters. The van der Waals surface area contributed by atoms with Crippen LogP contribution >= 0.6 is 23.5 Å². The molecule has 0 saturated carbocycles. The molecule has 0 bridgehead atoms. The minimum absolute atomic E-state index is 0.250. The second-order valence-corrected chi connectivity index (χ2v) is 10.3. The van der Waals surface area contributed by atoms with Crippen molar-refractivity contribution in [2.45, 2.75) is 48.8 Å². The van der Waals surface area contributed by atoms with Crippen LogP contribution in [0.25, 0.3) is 0 Å². The molecular weight excluding hydrogens is 366 g/mol. The molecule has 0 aliphatic carbocycles. The molecule has 0 aromatic heterocycles. The first kappa shape index (κ1) is 19.4. The summed E-state index contributed by atoms with van der Waals surface area (Å²) in [5.41, 5.74) is 3.26. The fourth-order valence-corrected chi connectivity index (χ4v) is 7.03. The molecule has 1 nitrogen and oxygen atoms in total. The second kappa shape index (κ2) is 9.07. The molecular formula is C24H31NS2. The number of nitrogens with zero attached hydrogens (tertiary/aromatic N) is 1. The van der Waals surface area contributed by atoms with E-state index in [2.05, 4.69) is 78.2 Å². The molecule has 1 unspecified atom stereocenters. The highest BCUT2D eigenvalue weighted by Crippen LogP contribution is 2.46. The Kier molecular flexibility index (Phi) is 6.52. The van der Waals surface area contributed by atoms with E-state index in [4.69, 9.17) is 0 Å². The molecule has 0 N–H and O–H groups in total. The lowest BCUT2D eigenvalue weighted by Gasteiger charge is -2.50. The molecule has 2 fully saturated rings. The first-order valence-corrected chi connectivity index (χ1v) is 12.5. The molecule has 0 amide bonds. The highest BCUT2D eigenvalue weighted by atomic mass is 32.2. The molecule has 0 spiro atoms. The van der Waals surface area contributed by atoms with E-state index in [0.29, 0.717) is 0 Å². The standard InChI is InChI=1S/C24H31NS2/c1-20-8-7-15-25(18-20)24(13-16-26-17-14-24)22-11-5-6-12-23(22)27-19-21-9-3-2-4-10-21/h2-6,9-12,20H,7-8,13-19H2,1H3. The molecule has 3 heteroatoms. The van der Waals surface area contributed by atoms with Gasteiger partial charge in [0.2, 0.25) is 0 Å². The molecule has 2 heterocycles. The lowest BCUT2D eigenvalue weighted by molar-refractivity contribution is 0.0337. The van der Waals surface area contributed by atoms with E-state index in [9.17, 15) is 0 Å². The van der Waals surface area contributed by atoms with Crippen LogP contribution in [0, 0.1) is 5.92 Å². The highest BCUT2D eigenvalue weighted by molar-refractivity contribution is 7.99. The van der Waals surface area contributed by atoms with Gasteiger partial charge in [-0.15, -0.1) is 11.8 Å². The van der Waals surface area contributed by atoms with E-state index in [0.717, 1.165) is 11.7 Å². The second-order valence-electron chi connectivity index (χ2n) is 8.11. The van der Waals surface area contributed by atoms with Crippen LogP contribution in [0.3, 0.4) is 0 Å². The Morgan fingerprint density at radius 1 is 1.04 bits per heavy atom. The van der Waals surface area contributed by atoms with E-state index < -0.39 is 0 Å². The minimum atomic E-state index is 0.250. The number of likely N-dealkylation sites (tertiary alicyclic amines) is 1. The lowest BCUT2D eigenvalue weighted by atomic mass is 9.80. The van der Waals surface area contributed by atoms with Crippen molar-refractivity contribution in [3.05, 3.63) is 65.7 Å². The SMILES string of the molecule is CC1CCCN(C2(c3ccccc3SCc3ccccc3)CCSCC2)C1. The summed E-state index contributed by atoms with van der Waals surface area (Å²) in [6, 6.07) is 20.2. The van der Waals surface area contributed by atoms with Crippen LogP contribution in [0.1, 0.15) is 43.7 Å². The Bertz CT molecular complexity index is 724. The average Bonchev–Trinajstić information content (AvgIpc) is 2.74. The van der Waals surface area contributed by atoms with Crippen LogP contribution < -0.4 is 0 Å². The fraction of sp³-hybridized carbons (Fsp3) is 0.500. The van der Waals surface area contributed by atoms with Gasteiger partial charge in [-0.3, -0.25) is 4.90 Å². The van der Waals surface area contributed by atoms with Crippen LogP contribution in [0.4, 0.5) is 0 Å². The van der Waals surface area contributed by atoms with Gasteiger partial charge in [-0.05, 0) is 66.8 Å². The number of rotatable bonds is 5. The fourth-order valence-electron chi connectivity index (χ4n) is 4.76. The highest BCUT2D eigenvalue weighted by Gasteiger charge is 2.42. The smallest absolute Gasteiger partial charge is 0.0487 e. The normalized spacial score (nSPS) is 23.2. The van der Waals surface area contributed by atoms with Gasteiger partial charge in [0.25, 0.3) is 0 Å². The molecule has 2 aliphatic rings. The summed E-state index contributed by atoms with van der Waals surface area (Å²) >= 11 is 4.16. The van der Waals surface area contributed by atoms with Gasteiger partial charge in [0.1, 0.15) is 0 Å². The molecule has 0 radical (unpaired) electrons. The summed E-state index contributed by atoms with van der Waals surface area (Å²) in [5, 5.41) is 0.